The Morgan fingerprint density at radius 2 is 2.11 bits per heavy atom. The molecule has 0 spiro atoms. The first kappa shape index (κ1) is 13.6. The number of aliphatic imine (C=N–C) groups is 1. The molecule has 2 rings (SSSR count). The van der Waals surface area contributed by atoms with Crippen LogP contribution >= 0.6 is 0 Å². The second kappa shape index (κ2) is 5.07. The number of hydrogen-bond donors (Lipinski definition) is 2. The highest BCUT2D eigenvalue weighted by Gasteiger charge is 2.45. The standard InChI is InChI=1S/C12H23N3O2S/c1-18(16,17)9-12(5-6-12)8-15-11(13)14-7-10-3-2-4-10/h10H,2-9H2,1H3,(H3,13,14,15). The van der Waals surface area contributed by atoms with Crippen LogP contribution in [0.15, 0.2) is 4.99 Å². The summed E-state index contributed by atoms with van der Waals surface area (Å²) in [6, 6.07) is 0. The summed E-state index contributed by atoms with van der Waals surface area (Å²) in [7, 11) is -2.92. The maximum absolute atomic E-state index is 11.3. The van der Waals surface area contributed by atoms with Crippen molar-refractivity contribution in [3.8, 4) is 0 Å². The van der Waals surface area contributed by atoms with E-state index >= 15 is 0 Å². The molecule has 0 heterocycles. The molecule has 2 aliphatic rings. The van der Waals surface area contributed by atoms with Gasteiger partial charge in [0.2, 0.25) is 0 Å². The van der Waals surface area contributed by atoms with E-state index < -0.39 is 9.84 Å². The van der Waals surface area contributed by atoms with Crippen molar-refractivity contribution in [2.75, 3.05) is 25.1 Å². The lowest BCUT2D eigenvalue weighted by atomic mass is 9.85. The lowest BCUT2D eigenvalue weighted by Crippen LogP contribution is -2.37. The Labute approximate surface area is 109 Å². The van der Waals surface area contributed by atoms with Crippen LogP contribution in [0.3, 0.4) is 0 Å². The molecule has 0 aromatic heterocycles. The van der Waals surface area contributed by atoms with Gasteiger partial charge < -0.3 is 11.1 Å². The molecule has 0 bridgehead atoms. The third-order valence-electron chi connectivity index (χ3n) is 3.91. The summed E-state index contributed by atoms with van der Waals surface area (Å²) < 4.78 is 22.6. The summed E-state index contributed by atoms with van der Waals surface area (Å²) >= 11 is 0. The first-order valence-electron chi connectivity index (χ1n) is 6.60. The fourth-order valence-electron chi connectivity index (χ4n) is 2.34. The number of guanidine groups is 1. The molecule has 2 fully saturated rings. The Morgan fingerprint density at radius 1 is 1.44 bits per heavy atom. The van der Waals surface area contributed by atoms with Crippen molar-refractivity contribution < 1.29 is 8.42 Å². The Bertz CT molecular complexity index is 423. The zero-order valence-corrected chi connectivity index (χ0v) is 11.8. The Balaban J connectivity index is 1.75. The fraction of sp³-hybridized carbons (Fsp3) is 0.917. The van der Waals surface area contributed by atoms with Gasteiger partial charge in [0.1, 0.15) is 9.84 Å². The van der Waals surface area contributed by atoms with Gasteiger partial charge in [0.05, 0.1) is 5.75 Å². The highest BCUT2D eigenvalue weighted by molar-refractivity contribution is 7.90. The van der Waals surface area contributed by atoms with Crippen LogP contribution in [0.25, 0.3) is 0 Å². The maximum atomic E-state index is 11.3. The van der Waals surface area contributed by atoms with Crippen molar-refractivity contribution in [3.63, 3.8) is 0 Å². The molecule has 0 amide bonds. The second-order valence-corrected chi connectivity index (χ2v) is 8.09. The lowest BCUT2D eigenvalue weighted by Gasteiger charge is -2.25. The molecule has 0 aliphatic heterocycles. The van der Waals surface area contributed by atoms with E-state index in [4.69, 9.17) is 5.73 Å². The summed E-state index contributed by atoms with van der Waals surface area (Å²) in [5.74, 6) is 1.44. The van der Waals surface area contributed by atoms with Gasteiger partial charge in [-0.3, -0.25) is 4.99 Å². The van der Waals surface area contributed by atoms with Crippen molar-refractivity contribution in [1.82, 2.24) is 5.32 Å². The third kappa shape index (κ3) is 4.15. The van der Waals surface area contributed by atoms with Gasteiger partial charge >= 0.3 is 0 Å². The monoisotopic (exact) mass is 273 g/mol. The molecule has 18 heavy (non-hydrogen) atoms. The van der Waals surface area contributed by atoms with Crippen LogP contribution in [0, 0.1) is 11.3 Å². The zero-order chi connectivity index (χ0) is 13.2. The number of hydrogen-bond acceptors (Lipinski definition) is 3. The van der Waals surface area contributed by atoms with Gasteiger partial charge in [0, 0.05) is 24.8 Å². The minimum Gasteiger partial charge on any atom is -0.370 e. The van der Waals surface area contributed by atoms with E-state index in [2.05, 4.69) is 10.3 Å². The first-order chi connectivity index (χ1) is 8.39. The molecule has 2 aliphatic carbocycles. The summed E-state index contributed by atoms with van der Waals surface area (Å²) in [5, 5.41) is 3.13. The van der Waals surface area contributed by atoms with Crippen molar-refractivity contribution in [1.29, 1.82) is 0 Å². The van der Waals surface area contributed by atoms with Gasteiger partial charge in [0.15, 0.2) is 5.96 Å². The molecule has 2 saturated carbocycles. The van der Waals surface area contributed by atoms with E-state index in [0.717, 1.165) is 25.3 Å². The normalized spacial score (nSPS) is 23.5. The quantitative estimate of drug-likeness (QED) is 0.545. The van der Waals surface area contributed by atoms with Gasteiger partial charge in [-0.15, -0.1) is 0 Å². The molecule has 0 radical (unpaired) electrons. The van der Waals surface area contributed by atoms with Gasteiger partial charge in [-0.2, -0.15) is 0 Å². The molecular weight excluding hydrogens is 250 g/mol. The SMILES string of the molecule is CS(=O)(=O)CC1(CN=C(N)NCC2CCC2)CC1. The van der Waals surface area contributed by atoms with Gasteiger partial charge in [-0.05, 0) is 31.6 Å². The van der Waals surface area contributed by atoms with Crippen LogP contribution in [0.1, 0.15) is 32.1 Å². The Kier molecular flexibility index (Phi) is 3.84. The molecule has 0 unspecified atom stereocenters. The van der Waals surface area contributed by atoms with Gasteiger partial charge in [-0.1, -0.05) is 6.42 Å². The van der Waals surface area contributed by atoms with Crippen LogP contribution in [0.4, 0.5) is 0 Å². The maximum Gasteiger partial charge on any atom is 0.188 e. The number of nitrogens with zero attached hydrogens (tertiary/aromatic N) is 1. The average molecular weight is 273 g/mol. The van der Waals surface area contributed by atoms with Crippen LogP contribution in [-0.4, -0.2) is 39.5 Å². The van der Waals surface area contributed by atoms with E-state index in [9.17, 15) is 8.42 Å². The molecule has 0 atom stereocenters. The van der Waals surface area contributed by atoms with E-state index in [1.54, 1.807) is 0 Å². The van der Waals surface area contributed by atoms with Gasteiger partial charge in [-0.25, -0.2) is 8.42 Å². The van der Waals surface area contributed by atoms with Crippen molar-refractivity contribution in [2.45, 2.75) is 32.1 Å². The van der Waals surface area contributed by atoms with Crippen LogP contribution in [0.2, 0.25) is 0 Å². The highest BCUT2D eigenvalue weighted by Crippen LogP contribution is 2.46. The largest absolute Gasteiger partial charge is 0.370 e. The molecule has 0 aromatic rings. The number of nitrogens with one attached hydrogen (secondary N) is 1. The number of sulfone groups is 1. The zero-order valence-electron chi connectivity index (χ0n) is 11.0. The average Bonchev–Trinajstić information content (AvgIpc) is 2.90. The van der Waals surface area contributed by atoms with Crippen LogP contribution < -0.4 is 11.1 Å². The third-order valence-corrected chi connectivity index (χ3v) is 5.04. The predicted molar refractivity (Wildman–Crippen MR) is 73.2 cm³/mol. The van der Waals surface area contributed by atoms with E-state index in [0.29, 0.717) is 12.5 Å². The number of nitrogens with two attached hydrogens (primary N) is 1. The molecule has 0 aromatic carbocycles. The number of rotatable bonds is 6. The van der Waals surface area contributed by atoms with Crippen LogP contribution in [0.5, 0.6) is 0 Å². The molecular formula is C12H23N3O2S. The molecule has 3 N–H and O–H groups in total. The summed E-state index contributed by atoms with van der Waals surface area (Å²) in [6.07, 6.45) is 7.05. The predicted octanol–water partition coefficient (Wildman–Crippen LogP) is 0.516. The lowest BCUT2D eigenvalue weighted by molar-refractivity contribution is 0.315. The first-order valence-corrected chi connectivity index (χ1v) is 8.66. The molecule has 0 saturated heterocycles. The minimum atomic E-state index is -2.92. The van der Waals surface area contributed by atoms with Crippen LogP contribution in [-0.2, 0) is 9.84 Å². The minimum absolute atomic E-state index is 0.129. The van der Waals surface area contributed by atoms with Crippen molar-refractivity contribution >= 4 is 15.8 Å². The topological polar surface area (TPSA) is 84.5 Å². The smallest absolute Gasteiger partial charge is 0.188 e. The molecule has 104 valence electrons. The summed E-state index contributed by atoms with van der Waals surface area (Å²) in [6.45, 7) is 1.43. The molecule has 6 heteroatoms. The van der Waals surface area contributed by atoms with Crippen molar-refractivity contribution in [2.24, 2.45) is 22.1 Å². The fourth-order valence-corrected chi connectivity index (χ4v) is 3.83. The summed E-state index contributed by atoms with van der Waals surface area (Å²) in [5.41, 5.74) is 5.66. The molecule has 5 nitrogen and oxygen atoms in total. The second-order valence-electron chi connectivity index (χ2n) is 5.95. The van der Waals surface area contributed by atoms with Crippen molar-refractivity contribution in [3.05, 3.63) is 0 Å². The Morgan fingerprint density at radius 3 is 2.56 bits per heavy atom. The van der Waals surface area contributed by atoms with Gasteiger partial charge in [0.25, 0.3) is 0 Å². The van der Waals surface area contributed by atoms with E-state index in [1.165, 1.54) is 25.5 Å². The highest BCUT2D eigenvalue weighted by atomic mass is 32.2. The summed E-state index contributed by atoms with van der Waals surface area (Å²) in [4.78, 5) is 4.29. The van der Waals surface area contributed by atoms with E-state index in [1.807, 2.05) is 0 Å². The Hall–Kier alpha value is -0.780. The van der Waals surface area contributed by atoms with E-state index in [-0.39, 0.29) is 11.2 Å².